The standard InChI is InChI=1S/C15H13BrINO/c16-14-7-6-12(17)10-13(14)15(19)18-9-8-11-4-2-1-3-5-11/h1-7,10H,8-9H2,(H,18,19). The van der Waals surface area contributed by atoms with Gasteiger partial charge in [0.2, 0.25) is 0 Å². The van der Waals surface area contributed by atoms with Crippen molar-refractivity contribution >= 4 is 44.4 Å². The Bertz CT molecular complexity index is 572. The number of carbonyl (C=O) groups excluding carboxylic acids is 1. The van der Waals surface area contributed by atoms with Gasteiger partial charge in [0, 0.05) is 14.6 Å². The third-order valence-electron chi connectivity index (χ3n) is 2.72. The van der Waals surface area contributed by atoms with E-state index in [-0.39, 0.29) is 5.91 Å². The number of carbonyl (C=O) groups is 1. The van der Waals surface area contributed by atoms with Gasteiger partial charge >= 0.3 is 0 Å². The molecule has 2 nitrogen and oxygen atoms in total. The Morgan fingerprint density at radius 2 is 1.89 bits per heavy atom. The molecule has 0 bridgehead atoms. The number of rotatable bonds is 4. The van der Waals surface area contributed by atoms with Crippen molar-refractivity contribution in [1.29, 1.82) is 0 Å². The number of benzene rings is 2. The second kappa shape index (κ2) is 7.05. The molecule has 0 atom stereocenters. The smallest absolute Gasteiger partial charge is 0.252 e. The van der Waals surface area contributed by atoms with E-state index in [4.69, 9.17) is 0 Å². The highest BCUT2D eigenvalue weighted by atomic mass is 127. The minimum Gasteiger partial charge on any atom is -0.352 e. The summed E-state index contributed by atoms with van der Waals surface area (Å²) < 4.78 is 1.87. The Hall–Kier alpha value is -0.880. The molecule has 2 rings (SSSR count). The number of hydrogen-bond donors (Lipinski definition) is 1. The summed E-state index contributed by atoms with van der Waals surface area (Å²) in [5.74, 6) is -0.0404. The molecule has 0 unspecified atom stereocenters. The second-order valence-corrected chi connectivity index (χ2v) is 6.22. The number of halogens is 2. The Labute approximate surface area is 134 Å². The molecule has 19 heavy (non-hydrogen) atoms. The monoisotopic (exact) mass is 429 g/mol. The molecule has 0 aliphatic heterocycles. The Morgan fingerprint density at radius 3 is 2.63 bits per heavy atom. The molecule has 0 aromatic heterocycles. The molecule has 0 saturated heterocycles. The van der Waals surface area contributed by atoms with Crippen LogP contribution in [0.5, 0.6) is 0 Å². The molecule has 0 spiro atoms. The van der Waals surface area contributed by atoms with Gasteiger partial charge in [-0.3, -0.25) is 4.79 Å². The molecule has 0 saturated carbocycles. The van der Waals surface area contributed by atoms with Crippen molar-refractivity contribution < 1.29 is 4.79 Å². The van der Waals surface area contributed by atoms with Gasteiger partial charge in [-0.25, -0.2) is 0 Å². The van der Waals surface area contributed by atoms with E-state index in [1.54, 1.807) is 0 Å². The van der Waals surface area contributed by atoms with Crippen molar-refractivity contribution in [3.05, 3.63) is 67.7 Å². The topological polar surface area (TPSA) is 29.1 Å². The first-order chi connectivity index (χ1) is 9.16. The van der Waals surface area contributed by atoms with E-state index in [9.17, 15) is 4.79 Å². The molecule has 1 N–H and O–H groups in total. The molecule has 0 radical (unpaired) electrons. The van der Waals surface area contributed by atoms with Crippen LogP contribution in [0.2, 0.25) is 0 Å². The Morgan fingerprint density at radius 1 is 1.16 bits per heavy atom. The lowest BCUT2D eigenvalue weighted by Crippen LogP contribution is -2.26. The van der Waals surface area contributed by atoms with Crippen LogP contribution in [0.15, 0.2) is 53.0 Å². The van der Waals surface area contributed by atoms with Gasteiger partial charge in [0.25, 0.3) is 5.91 Å². The van der Waals surface area contributed by atoms with Crippen LogP contribution in [0.4, 0.5) is 0 Å². The maximum absolute atomic E-state index is 12.1. The average Bonchev–Trinajstić information content (AvgIpc) is 2.42. The molecule has 4 heteroatoms. The van der Waals surface area contributed by atoms with Crippen LogP contribution in [-0.4, -0.2) is 12.5 Å². The molecule has 2 aromatic rings. The summed E-state index contributed by atoms with van der Waals surface area (Å²) in [5.41, 5.74) is 1.91. The fourth-order valence-electron chi connectivity index (χ4n) is 1.73. The predicted octanol–water partition coefficient (Wildman–Crippen LogP) is 4.03. The minimum absolute atomic E-state index is 0.0404. The van der Waals surface area contributed by atoms with Gasteiger partial charge < -0.3 is 5.32 Å². The van der Waals surface area contributed by atoms with E-state index >= 15 is 0 Å². The van der Waals surface area contributed by atoms with Gasteiger partial charge in [-0.2, -0.15) is 0 Å². The minimum atomic E-state index is -0.0404. The highest BCUT2D eigenvalue weighted by molar-refractivity contribution is 14.1. The van der Waals surface area contributed by atoms with Crippen molar-refractivity contribution in [2.45, 2.75) is 6.42 Å². The van der Waals surface area contributed by atoms with Gasteiger partial charge in [-0.05, 0) is 68.7 Å². The number of hydrogen-bond acceptors (Lipinski definition) is 1. The largest absolute Gasteiger partial charge is 0.352 e. The van der Waals surface area contributed by atoms with Gasteiger partial charge in [-0.1, -0.05) is 30.3 Å². The maximum atomic E-state index is 12.1. The van der Waals surface area contributed by atoms with Gasteiger partial charge in [0.15, 0.2) is 0 Å². The van der Waals surface area contributed by atoms with Crippen LogP contribution in [0.25, 0.3) is 0 Å². The van der Waals surface area contributed by atoms with Crippen molar-refractivity contribution in [1.82, 2.24) is 5.32 Å². The van der Waals surface area contributed by atoms with Crippen molar-refractivity contribution in [2.24, 2.45) is 0 Å². The summed E-state index contributed by atoms with van der Waals surface area (Å²) in [7, 11) is 0. The van der Waals surface area contributed by atoms with E-state index in [0.29, 0.717) is 12.1 Å². The van der Waals surface area contributed by atoms with Crippen LogP contribution in [0.3, 0.4) is 0 Å². The summed E-state index contributed by atoms with van der Waals surface area (Å²) >= 11 is 5.61. The lowest BCUT2D eigenvalue weighted by molar-refractivity contribution is 0.0953. The molecule has 98 valence electrons. The molecule has 0 aliphatic carbocycles. The number of amides is 1. The average molecular weight is 430 g/mol. The lowest BCUT2D eigenvalue weighted by atomic mass is 10.1. The third-order valence-corrected chi connectivity index (χ3v) is 4.08. The normalized spacial score (nSPS) is 10.2. The highest BCUT2D eigenvalue weighted by Crippen LogP contribution is 2.19. The van der Waals surface area contributed by atoms with Gasteiger partial charge in [-0.15, -0.1) is 0 Å². The summed E-state index contributed by atoms with van der Waals surface area (Å²) in [6.45, 7) is 0.640. The van der Waals surface area contributed by atoms with Crippen LogP contribution in [0, 0.1) is 3.57 Å². The van der Waals surface area contributed by atoms with E-state index in [0.717, 1.165) is 14.5 Å². The lowest BCUT2D eigenvalue weighted by Gasteiger charge is -2.07. The molecule has 0 heterocycles. The zero-order chi connectivity index (χ0) is 13.7. The Balaban J connectivity index is 1.93. The fraction of sp³-hybridized carbons (Fsp3) is 0.133. The highest BCUT2D eigenvalue weighted by Gasteiger charge is 2.09. The van der Waals surface area contributed by atoms with Crippen LogP contribution >= 0.6 is 38.5 Å². The summed E-state index contributed by atoms with van der Waals surface area (Å²) in [5, 5.41) is 2.94. The second-order valence-electron chi connectivity index (χ2n) is 4.12. The van der Waals surface area contributed by atoms with E-state index in [2.05, 4.69) is 56.0 Å². The zero-order valence-electron chi connectivity index (χ0n) is 10.2. The number of nitrogens with one attached hydrogen (secondary N) is 1. The van der Waals surface area contributed by atoms with Crippen LogP contribution < -0.4 is 5.32 Å². The van der Waals surface area contributed by atoms with Crippen molar-refractivity contribution in [3.8, 4) is 0 Å². The Kier molecular flexibility index (Phi) is 5.39. The first-order valence-corrected chi connectivity index (χ1v) is 7.81. The van der Waals surface area contributed by atoms with E-state index < -0.39 is 0 Å². The molecular formula is C15H13BrINO. The summed E-state index contributed by atoms with van der Waals surface area (Å²) in [4.78, 5) is 12.1. The zero-order valence-corrected chi connectivity index (χ0v) is 13.9. The van der Waals surface area contributed by atoms with Gasteiger partial charge in [0.05, 0.1) is 5.56 Å². The molecule has 1 amide bonds. The third kappa shape index (κ3) is 4.31. The summed E-state index contributed by atoms with van der Waals surface area (Å²) in [6, 6.07) is 15.9. The van der Waals surface area contributed by atoms with E-state index in [1.807, 2.05) is 36.4 Å². The first-order valence-electron chi connectivity index (χ1n) is 5.94. The quantitative estimate of drug-likeness (QED) is 0.730. The molecule has 0 aliphatic rings. The van der Waals surface area contributed by atoms with Gasteiger partial charge in [0.1, 0.15) is 0 Å². The maximum Gasteiger partial charge on any atom is 0.252 e. The van der Waals surface area contributed by atoms with Crippen molar-refractivity contribution in [2.75, 3.05) is 6.54 Å². The molecule has 2 aromatic carbocycles. The SMILES string of the molecule is O=C(NCCc1ccccc1)c1cc(I)ccc1Br. The fourth-order valence-corrected chi connectivity index (χ4v) is 2.65. The van der Waals surface area contributed by atoms with Crippen molar-refractivity contribution in [3.63, 3.8) is 0 Å². The summed E-state index contributed by atoms with van der Waals surface area (Å²) in [6.07, 6.45) is 0.841. The molecular weight excluding hydrogens is 417 g/mol. The van der Waals surface area contributed by atoms with Crippen LogP contribution in [-0.2, 0) is 6.42 Å². The molecule has 0 fully saturated rings. The van der Waals surface area contributed by atoms with Crippen LogP contribution in [0.1, 0.15) is 15.9 Å². The van der Waals surface area contributed by atoms with E-state index in [1.165, 1.54) is 5.56 Å². The predicted molar refractivity (Wildman–Crippen MR) is 89.3 cm³/mol. The first kappa shape index (κ1) is 14.5.